The van der Waals surface area contributed by atoms with Crippen LogP contribution < -0.4 is 19.0 Å². The molecule has 0 aliphatic carbocycles. The first kappa shape index (κ1) is 18.5. The van der Waals surface area contributed by atoms with Crippen molar-refractivity contribution in [3.8, 4) is 29.6 Å². The number of amides is 1. The van der Waals surface area contributed by atoms with Crippen LogP contribution in [0.2, 0.25) is 0 Å². The number of thiazole rings is 1. The van der Waals surface area contributed by atoms with E-state index in [4.69, 9.17) is 20.6 Å². The third-order valence-corrected chi connectivity index (χ3v) is 5.01. The topological polar surface area (TPSA) is 62.1 Å². The normalized spacial score (nSPS) is 11.3. The Labute approximate surface area is 160 Å². The van der Waals surface area contributed by atoms with E-state index in [1.54, 1.807) is 25.3 Å². The van der Waals surface area contributed by atoms with E-state index in [2.05, 4.69) is 10.9 Å². The molecule has 138 valence electrons. The summed E-state index contributed by atoms with van der Waals surface area (Å²) in [5.74, 6) is 3.87. The second kappa shape index (κ2) is 7.98. The number of hydrogen-bond donors (Lipinski definition) is 0. The number of carbonyl (C=O) groups excluding carboxylic acids is 1. The van der Waals surface area contributed by atoms with Crippen LogP contribution in [0.15, 0.2) is 41.4 Å². The van der Waals surface area contributed by atoms with Gasteiger partial charge in [0.15, 0.2) is 4.80 Å². The maximum atomic E-state index is 12.8. The molecule has 0 bridgehead atoms. The number of carbonyl (C=O) groups is 1. The Morgan fingerprint density at radius 1 is 1.11 bits per heavy atom. The third kappa shape index (κ3) is 3.66. The highest BCUT2D eigenvalue weighted by molar-refractivity contribution is 7.16. The Kier molecular flexibility index (Phi) is 5.48. The quantitative estimate of drug-likeness (QED) is 0.636. The zero-order chi connectivity index (χ0) is 19.4. The first-order valence-electron chi connectivity index (χ1n) is 8.03. The molecule has 0 N–H and O–H groups in total. The predicted octanol–water partition coefficient (Wildman–Crippen LogP) is 3.10. The molecule has 3 aromatic rings. The van der Waals surface area contributed by atoms with Crippen LogP contribution in [0.5, 0.6) is 17.2 Å². The minimum absolute atomic E-state index is 0.299. The SMILES string of the molecule is C#CCn1c(=NC(=O)c2cc(OC)ccc2OC)sc2cc(OC)ccc21. The summed E-state index contributed by atoms with van der Waals surface area (Å²) in [5.41, 5.74) is 1.21. The van der Waals surface area contributed by atoms with Crippen molar-refractivity contribution in [1.29, 1.82) is 0 Å². The predicted molar refractivity (Wildman–Crippen MR) is 105 cm³/mol. The lowest BCUT2D eigenvalue weighted by atomic mass is 10.2. The van der Waals surface area contributed by atoms with Crippen molar-refractivity contribution in [2.75, 3.05) is 21.3 Å². The molecular formula is C20H18N2O4S. The summed E-state index contributed by atoms with van der Waals surface area (Å²) in [5, 5.41) is 0. The fourth-order valence-electron chi connectivity index (χ4n) is 2.64. The molecular weight excluding hydrogens is 364 g/mol. The Morgan fingerprint density at radius 2 is 1.81 bits per heavy atom. The van der Waals surface area contributed by atoms with Gasteiger partial charge in [-0.3, -0.25) is 4.79 Å². The van der Waals surface area contributed by atoms with Gasteiger partial charge in [-0.15, -0.1) is 6.42 Å². The molecule has 0 atom stereocenters. The lowest BCUT2D eigenvalue weighted by molar-refractivity contribution is 0.0994. The van der Waals surface area contributed by atoms with Crippen LogP contribution in [0.25, 0.3) is 10.2 Å². The number of hydrogen-bond acceptors (Lipinski definition) is 5. The monoisotopic (exact) mass is 382 g/mol. The van der Waals surface area contributed by atoms with Crippen LogP contribution in [0, 0.1) is 12.3 Å². The lowest BCUT2D eigenvalue weighted by Gasteiger charge is -2.07. The van der Waals surface area contributed by atoms with E-state index in [1.807, 2.05) is 22.8 Å². The van der Waals surface area contributed by atoms with E-state index in [1.165, 1.54) is 25.6 Å². The van der Waals surface area contributed by atoms with Gasteiger partial charge in [0.2, 0.25) is 0 Å². The van der Waals surface area contributed by atoms with Gasteiger partial charge in [-0.25, -0.2) is 0 Å². The number of terminal acetylenes is 1. The second-order valence-corrected chi connectivity index (χ2v) is 6.50. The largest absolute Gasteiger partial charge is 0.497 e. The molecule has 0 saturated carbocycles. The maximum absolute atomic E-state index is 12.8. The fraction of sp³-hybridized carbons (Fsp3) is 0.200. The van der Waals surface area contributed by atoms with Crippen LogP contribution in [0.4, 0.5) is 0 Å². The van der Waals surface area contributed by atoms with Crippen molar-refractivity contribution in [2.45, 2.75) is 6.54 Å². The van der Waals surface area contributed by atoms with Crippen LogP contribution in [0.1, 0.15) is 10.4 Å². The molecule has 2 aromatic carbocycles. The fourth-order valence-corrected chi connectivity index (χ4v) is 3.69. The number of benzene rings is 2. The Bertz CT molecular complexity index is 1110. The van der Waals surface area contributed by atoms with Gasteiger partial charge in [0, 0.05) is 0 Å². The van der Waals surface area contributed by atoms with Gasteiger partial charge in [0.05, 0.1) is 43.7 Å². The molecule has 0 unspecified atom stereocenters. The molecule has 7 heteroatoms. The number of rotatable bonds is 5. The third-order valence-electron chi connectivity index (χ3n) is 3.97. The summed E-state index contributed by atoms with van der Waals surface area (Å²) < 4.78 is 18.5. The highest BCUT2D eigenvalue weighted by Gasteiger charge is 2.15. The van der Waals surface area contributed by atoms with Crippen molar-refractivity contribution in [3.05, 3.63) is 46.8 Å². The lowest BCUT2D eigenvalue weighted by Crippen LogP contribution is -2.16. The molecule has 3 rings (SSSR count). The number of nitrogens with zero attached hydrogens (tertiary/aromatic N) is 2. The average molecular weight is 382 g/mol. The standard InChI is InChI=1S/C20H18N2O4S/c1-5-10-22-16-8-6-14(25-3)12-18(16)27-20(22)21-19(23)15-11-13(24-2)7-9-17(15)26-4/h1,6-9,11-12H,10H2,2-4H3. The molecule has 1 amide bonds. The number of methoxy groups -OCH3 is 3. The summed E-state index contributed by atoms with van der Waals surface area (Å²) in [4.78, 5) is 17.6. The zero-order valence-corrected chi connectivity index (χ0v) is 16.0. The molecule has 1 heterocycles. The summed E-state index contributed by atoms with van der Waals surface area (Å²) in [6, 6.07) is 10.6. The molecule has 0 fully saturated rings. The van der Waals surface area contributed by atoms with Crippen molar-refractivity contribution in [3.63, 3.8) is 0 Å². The minimum atomic E-state index is -0.435. The van der Waals surface area contributed by atoms with Crippen molar-refractivity contribution in [1.82, 2.24) is 4.57 Å². The Morgan fingerprint density at radius 3 is 2.48 bits per heavy atom. The molecule has 0 aliphatic heterocycles. The van der Waals surface area contributed by atoms with E-state index in [-0.39, 0.29) is 0 Å². The molecule has 0 aliphatic rings. The number of aromatic nitrogens is 1. The summed E-state index contributed by atoms with van der Waals surface area (Å²) in [6.07, 6.45) is 5.51. The molecule has 0 radical (unpaired) electrons. The van der Waals surface area contributed by atoms with E-state index < -0.39 is 5.91 Å². The van der Waals surface area contributed by atoms with Crippen LogP contribution in [-0.2, 0) is 6.54 Å². The van der Waals surface area contributed by atoms with E-state index in [0.717, 1.165) is 16.0 Å². The Hall–Kier alpha value is -3.24. The number of fused-ring (bicyclic) bond motifs is 1. The first-order valence-corrected chi connectivity index (χ1v) is 8.84. The van der Waals surface area contributed by atoms with Gasteiger partial charge in [0.1, 0.15) is 17.2 Å². The number of ether oxygens (including phenoxy) is 3. The van der Waals surface area contributed by atoms with Crippen molar-refractivity contribution in [2.24, 2.45) is 4.99 Å². The van der Waals surface area contributed by atoms with Gasteiger partial charge in [0.25, 0.3) is 5.91 Å². The highest BCUT2D eigenvalue weighted by Crippen LogP contribution is 2.26. The van der Waals surface area contributed by atoms with Gasteiger partial charge in [-0.05, 0) is 36.4 Å². The maximum Gasteiger partial charge on any atom is 0.283 e. The second-order valence-electron chi connectivity index (χ2n) is 5.49. The van der Waals surface area contributed by atoms with Gasteiger partial charge >= 0.3 is 0 Å². The van der Waals surface area contributed by atoms with E-state index in [0.29, 0.717) is 28.4 Å². The van der Waals surface area contributed by atoms with Crippen molar-refractivity contribution >= 4 is 27.5 Å². The van der Waals surface area contributed by atoms with E-state index >= 15 is 0 Å². The van der Waals surface area contributed by atoms with Crippen molar-refractivity contribution < 1.29 is 19.0 Å². The summed E-state index contributed by atoms with van der Waals surface area (Å²) in [7, 11) is 4.64. The summed E-state index contributed by atoms with van der Waals surface area (Å²) >= 11 is 1.37. The Balaban J connectivity index is 2.16. The van der Waals surface area contributed by atoms with Gasteiger partial charge in [-0.2, -0.15) is 4.99 Å². The van der Waals surface area contributed by atoms with Crippen LogP contribution >= 0.6 is 11.3 Å². The summed E-state index contributed by atoms with van der Waals surface area (Å²) in [6.45, 7) is 0.299. The molecule has 0 spiro atoms. The molecule has 6 nitrogen and oxygen atoms in total. The smallest absolute Gasteiger partial charge is 0.283 e. The molecule has 27 heavy (non-hydrogen) atoms. The highest BCUT2D eigenvalue weighted by atomic mass is 32.1. The van der Waals surface area contributed by atoms with Gasteiger partial charge in [-0.1, -0.05) is 17.3 Å². The molecule has 0 saturated heterocycles. The molecule has 1 aromatic heterocycles. The minimum Gasteiger partial charge on any atom is -0.497 e. The van der Waals surface area contributed by atoms with Gasteiger partial charge < -0.3 is 18.8 Å². The van der Waals surface area contributed by atoms with E-state index in [9.17, 15) is 4.79 Å². The zero-order valence-electron chi connectivity index (χ0n) is 15.2. The van der Waals surface area contributed by atoms with Crippen LogP contribution in [-0.4, -0.2) is 31.8 Å². The van der Waals surface area contributed by atoms with Crippen LogP contribution in [0.3, 0.4) is 0 Å². The first-order chi connectivity index (χ1) is 13.1. The average Bonchev–Trinajstić information content (AvgIpc) is 3.03.